The van der Waals surface area contributed by atoms with E-state index in [0.29, 0.717) is 19.3 Å². The molecule has 378 valence electrons. The average molecular weight is 919 g/mol. The van der Waals surface area contributed by atoms with Crippen LogP contribution < -0.4 is 0 Å². The lowest BCUT2D eigenvalue weighted by Crippen LogP contribution is -2.30. The maximum absolute atomic E-state index is 12.8. The second-order valence-electron chi connectivity index (χ2n) is 18.1. The van der Waals surface area contributed by atoms with Crippen LogP contribution in [0.15, 0.2) is 85.1 Å². The monoisotopic (exact) mass is 919 g/mol. The first kappa shape index (κ1) is 62.6. The Bertz CT molecular complexity index is 1290. The van der Waals surface area contributed by atoms with E-state index in [4.69, 9.17) is 14.2 Å². The number of esters is 3. The van der Waals surface area contributed by atoms with Gasteiger partial charge in [0.2, 0.25) is 0 Å². The molecule has 0 rings (SSSR count). The standard InChI is InChI=1S/C60H102O6/c1-4-7-10-13-16-19-22-25-27-29-30-31-33-35-38-41-44-47-50-53-59(62)65-56-57(55-64-58(61)52-49-46-43-40-37-34-24-21-18-15-12-9-6-3)66-60(63)54-51-48-45-42-39-36-32-28-26-23-20-17-14-11-8-5-2/h7,10,16,19,21,24-25,27-28,30-32,35,38,57H,4-6,8-9,11-15,17-18,20,22-23,26,29,33-34,36-37,39-56H2,1-3H3/b10-7-,19-16-,24-21-,27-25-,31-30-,32-28-,38-35-. The lowest BCUT2D eigenvalue weighted by Gasteiger charge is -2.18. The van der Waals surface area contributed by atoms with Crippen LogP contribution in [-0.2, 0) is 28.6 Å². The molecule has 0 spiro atoms. The van der Waals surface area contributed by atoms with Crippen LogP contribution in [0.5, 0.6) is 0 Å². The summed E-state index contributed by atoms with van der Waals surface area (Å²) >= 11 is 0. The maximum atomic E-state index is 12.8. The number of hydrogen-bond donors (Lipinski definition) is 0. The van der Waals surface area contributed by atoms with E-state index in [9.17, 15) is 14.4 Å². The Hall–Kier alpha value is -3.41. The van der Waals surface area contributed by atoms with Crippen molar-refractivity contribution in [2.24, 2.45) is 0 Å². The second-order valence-corrected chi connectivity index (χ2v) is 18.1. The summed E-state index contributed by atoms with van der Waals surface area (Å²) in [4.78, 5) is 38.1. The Morgan fingerprint density at radius 2 is 0.591 bits per heavy atom. The van der Waals surface area contributed by atoms with E-state index >= 15 is 0 Å². The molecule has 0 heterocycles. The summed E-state index contributed by atoms with van der Waals surface area (Å²) in [6.07, 6.45) is 69.9. The van der Waals surface area contributed by atoms with Crippen molar-refractivity contribution in [3.05, 3.63) is 85.1 Å². The summed E-state index contributed by atoms with van der Waals surface area (Å²) in [5.74, 6) is -0.942. The fourth-order valence-electron chi connectivity index (χ4n) is 7.46. The Morgan fingerprint density at radius 1 is 0.318 bits per heavy atom. The maximum Gasteiger partial charge on any atom is 0.306 e. The molecule has 0 saturated heterocycles. The fraction of sp³-hybridized carbons (Fsp3) is 0.717. The van der Waals surface area contributed by atoms with Gasteiger partial charge in [-0.05, 0) is 116 Å². The molecule has 0 bridgehead atoms. The second kappa shape index (κ2) is 54.2. The normalized spacial score (nSPS) is 12.7. The van der Waals surface area contributed by atoms with Crippen molar-refractivity contribution in [3.8, 4) is 0 Å². The van der Waals surface area contributed by atoms with Gasteiger partial charge in [0.05, 0.1) is 0 Å². The van der Waals surface area contributed by atoms with Crippen LogP contribution in [-0.4, -0.2) is 37.2 Å². The first-order chi connectivity index (χ1) is 32.5. The van der Waals surface area contributed by atoms with Gasteiger partial charge in [0, 0.05) is 19.3 Å². The topological polar surface area (TPSA) is 78.9 Å². The van der Waals surface area contributed by atoms with E-state index in [-0.39, 0.29) is 31.1 Å². The summed E-state index contributed by atoms with van der Waals surface area (Å²) in [6.45, 7) is 6.47. The van der Waals surface area contributed by atoms with Gasteiger partial charge in [-0.1, -0.05) is 209 Å². The Morgan fingerprint density at radius 3 is 0.970 bits per heavy atom. The van der Waals surface area contributed by atoms with Crippen molar-refractivity contribution in [2.75, 3.05) is 13.2 Å². The van der Waals surface area contributed by atoms with Gasteiger partial charge in [0.1, 0.15) is 13.2 Å². The quantitative estimate of drug-likeness (QED) is 0.0262. The number of unbranched alkanes of at least 4 members (excludes halogenated alkanes) is 24. The van der Waals surface area contributed by atoms with Gasteiger partial charge in [0.15, 0.2) is 6.10 Å². The first-order valence-corrected chi connectivity index (χ1v) is 27.6. The zero-order valence-corrected chi connectivity index (χ0v) is 43.2. The van der Waals surface area contributed by atoms with Crippen LogP contribution in [0.4, 0.5) is 0 Å². The fourth-order valence-corrected chi connectivity index (χ4v) is 7.46. The Labute approximate surface area is 407 Å². The van der Waals surface area contributed by atoms with Crippen molar-refractivity contribution in [2.45, 2.75) is 264 Å². The third-order valence-corrected chi connectivity index (χ3v) is 11.6. The van der Waals surface area contributed by atoms with Crippen molar-refractivity contribution in [3.63, 3.8) is 0 Å². The van der Waals surface area contributed by atoms with Gasteiger partial charge in [-0.25, -0.2) is 0 Å². The molecule has 0 fully saturated rings. The summed E-state index contributed by atoms with van der Waals surface area (Å²) < 4.78 is 16.8. The molecule has 0 aliphatic rings. The summed E-state index contributed by atoms with van der Waals surface area (Å²) in [5.41, 5.74) is 0. The first-order valence-electron chi connectivity index (χ1n) is 27.6. The zero-order chi connectivity index (χ0) is 47.9. The molecule has 6 nitrogen and oxygen atoms in total. The van der Waals surface area contributed by atoms with Gasteiger partial charge in [0.25, 0.3) is 0 Å². The number of ether oxygens (including phenoxy) is 3. The largest absolute Gasteiger partial charge is 0.462 e. The van der Waals surface area contributed by atoms with Gasteiger partial charge < -0.3 is 14.2 Å². The highest BCUT2D eigenvalue weighted by atomic mass is 16.6. The minimum absolute atomic E-state index is 0.0949. The molecular formula is C60H102O6. The zero-order valence-electron chi connectivity index (χ0n) is 43.2. The molecule has 0 aromatic carbocycles. The van der Waals surface area contributed by atoms with E-state index in [0.717, 1.165) is 116 Å². The minimum atomic E-state index is -0.798. The molecular weight excluding hydrogens is 817 g/mol. The molecule has 0 aromatic rings. The molecule has 0 radical (unpaired) electrons. The molecule has 6 heteroatoms. The third kappa shape index (κ3) is 51.6. The third-order valence-electron chi connectivity index (χ3n) is 11.6. The van der Waals surface area contributed by atoms with Crippen molar-refractivity contribution >= 4 is 17.9 Å². The molecule has 0 aromatic heterocycles. The van der Waals surface area contributed by atoms with Crippen molar-refractivity contribution in [1.29, 1.82) is 0 Å². The predicted octanol–water partition coefficient (Wildman–Crippen LogP) is 18.4. The minimum Gasteiger partial charge on any atom is -0.462 e. The van der Waals surface area contributed by atoms with Crippen LogP contribution in [0.3, 0.4) is 0 Å². The number of rotatable bonds is 49. The van der Waals surface area contributed by atoms with Gasteiger partial charge >= 0.3 is 17.9 Å². The van der Waals surface area contributed by atoms with Crippen LogP contribution in [0.1, 0.15) is 258 Å². The number of carbonyl (C=O) groups excluding carboxylic acids is 3. The Kier molecular flexibility index (Phi) is 51.4. The molecule has 66 heavy (non-hydrogen) atoms. The molecule has 0 amide bonds. The highest BCUT2D eigenvalue weighted by Gasteiger charge is 2.19. The van der Waals surface area contributed by atoms with Crippen LogP contribution in [0.25, 0.3) is 0 Å². The average Bonchev–Trinajstić information content (AvgIpc) is 3.31. The van der Waals surface area contributed by atoms with E-state index in [2.05, 4.69) is 106 Å². The number of allylic oxidation sites excluding steroid dienone is 14. The van der Waals surface area contributed by atoms with E-state index < -0.39 is 6.10 Å². The van der Waals surface area contributed by atoms with Gasteiger partial charge in [-0.15, -0.1) is 0 Å². The molecule has 0 aliphatic carbocycles. The lowest BCUT2D eigenvalue weighted by molar-refractivity contribution is -0.167. The molecule has 0 aliphatic heterocycles. The molecule has 1 atom stereocenters. The smallest absolute Gasteiger partial charge is 0.306 e. The molecule has 1 unspecified atom stereocenters. The van der Waals surface area contributed by atoms with E-state index in [1.807, 2.05) is 0 Å². The van der Waals surface area contributed by atoms with Crippen molar-refractivity contribution < 1.29 is 28.6 Å². The number of hydrogen-bond acceptors (Lipinski definition) is 6. The van der Waals surface area contributed by atoms with Crippen LogP contribution in [0, 0.1) is 0 Å². The predicted molar refractivity (Wildman–Crippen MR) is 284 cm³/mol. The molecule has 0 saturated carbocycles. The van der Waals surface area contributed by atoms with Gasteiger partial charge in [-0.3, -0.25) is 14.4 Å². The summed E-state index contributed by atoms with van der Waals surface area (Å²) in [7, 11) is 0. The Balaban J connectivity index is 4.46. The molecule has 0 N–H and O–H groups in total. The summed E-state index contributed by atoms with van der Waals surface area (Å²) in [5, 5.41) is 0. The number of carbonyl (C=O) groups is 3. The highest BCUT2D eigenvalue weighted by molar-refractivity contribution is 5.71. The van der Waals surface area contributed by atoms with Crippen LogP contribution >= 0.6 is 0 Å². The van der Waals surface area contributed by atoms with E-state index in [1.165, 1.54) is 103 Å². The van der Waals surface area contributed by atoms with Crippen molar-refractivity contribution in [1.82, 2.24) is 0 Å². The lowest BCUT2D eigenvalue weighted by atomic mass is 10.1. The summed E-state index contributed by atoms with van der Waals surface area (Å²) in [6, 6.07) is 0. The highest BCUT2D eigenvalue weighted by Crippen LogP contribution is 2.14. The SMILES string of the molecule is CC/C=C\C/C=C\C/C=C\C/C=C\C/C=C\CCCCCC(=O)OCC(COC(=O)CCCCCCC/C=C\CCCCCC)OC(=O)CCCCCCC/C=C\CCCCCCCCC. The van der Waals surface area contributed by atoms with Gasteiger partial charge in [-0.2, -0.15) is 0 Å². The van der Waals surface area contributed by atoms with Crippen LogP contribution in [0.2, 0.25) is 0 Å². The van der Waals surface area contributed by atoms with E-state index in [1.54, 1.807) is 0 Å².